The van der Waals surface area contributed by atoms with Crippen LogP contribution < -0.4 is 10.9 Å². The number of nitrogens with one attached hydrogen (secondary N) is 2. The van der Waals surface area contributed by atoms with Crippen molar-refractivity contribution >= 4 is 44.2 Å². The molecule has 0 aliphatic heterocycles. The predicted octanol–water partition coefficient (Wildman–Crippen LogP) is 4.17. The molecule has 0 atom stereocenters. The highest BCUT2D eigenvalue weighted by molar-refractivity contribution is 14.1. The summed E-state index contributed by atoms with van der Waals surface area (Å²) in [7, 11) is 0. The Balaban J connectivity index is 1.88. The SMILES string of the molecule is Brc1cc(CNNc2ccccc2)ccc1I. The summed E-state index contributed by atoms with van der Waals surface area (Å²) in [5.74, 6) is 0. The summed E-state index contributed by atoms with van der Waals surface area (Å²) in [6, 6.07) is 16.4. The molecule has 2 N–H and O–H groups in total. The maximum absolute atomic E-state index is 3.53. The highest BCUT2D eigenvalue weighted by Gasteiger charge is 1.98. The second-order valence-corrected chi connectivity index (χ2v) is 5.61. The monoisotopic (exact) mass is 402 g/mol. The van der Waals surface area contributed by atoms with Gasteiger partial charge in [0.05, 0.1) is 0 Å². The highest BCUT2D eigenvalue weighted by Crippen LogP contribution is 2.20. The van der Waals surface area contributed by atoms with E-state index >= 15 is 0 Å². The molecule has 0 spiro atoms. The molecule has 0 aliphatic rings. The van der Waals surface area contributed by atoms with Crippen LogP contribution in [0.1, 0.15) is 5.56 Å². The van der Waals surface area contributed by atoms with Crippen LogP contribution in [0, 0.1) is 3.57 Å². The Hall–Kier alpha value is -0.590. The van der Waals surface area contributed by atoms with Gasteiger partial charge < -0.3 is 5.43 Å². The van der Waals surface area contributed by atoms with Gasteiger partial charge in [0.2, 0.25) is 0 Å². The fraction of sp³-hybridized carbons (Fsp3) is 0.0769. The lowest BCUT2D eigenvalue weighted by molar-refractivity contribution is 0.800. The minimum absolute atomic E-state index is 0.782. The number of halogens is 2. The van der Waals surface area contributed by atoms with Gasteiger partial charge in [-0.15, -0.1) is 0 Å². The second-order valence-electron chi connectivity index (χ2n) is 3.59. The van der Waals surface area contributed by atoms with Crippen molar-refractivity contribution in [3.05, 3.63) is 62.1 Å². The van der Waals surface area contributed by atoms with Gasteiger partial charge in [0.25, 0.3) is 0 Å². The zero-order chi connectivity index (χ0) is 12.1. The zero-order valence-electron chi connectivity index (χ0n) is 9.08. The van der Waals surface area contributed by atoms with Crippen molar-refractivity contribution in [3.63, 3.8) is 0 Å². The Bertz CT molecular complexity index is 488. The zero-order valence-corrected chi connectivity index (χ0v) is 12.8. The van der Waals surface area contributed by atoms with Gasteiger partial charge in [-0.25, -0.2) is 5.43 Å². The minimum Gasteiger partial charge on any atom is -0.321 e. The third-order valence-electron chi connectivity index (χ3n) is 2.28. The topological polar surface area (TPSA) is 24.1 Å². The molecule has 0 saturated carbocycles. The number of hydrogen-bond acceptors (Lipinski definition) is 2. The van der Waals surface area contributed by atoms with Crippen molar-refractivity contribution in [1.82, 2.24) is 5.43 Å². The molecular formula is C13H12BrIN2. The van der Waals surface area contributed by atoms with E-state index in [0.717, 1.165) is 16.7 Å². The van der Waals surface area contributed by atoms with Crippen LogP contribution in [0.25, 0.3) is 0 Å². The van der Waals surface area contributed by atoms with Crippen molar-refractivity contribution in [2.45, 2.75) is 6.54 Å². The van der Waals surface area contributed by atoms with E-state index in [0.29, 0.717) is 0 Å². The maximum Gasteiger partial charge on any atom is 0.0487 e. The summed E-state index contributed by atoms with van der Waals surface area (Å²) < 4.78 is 2.36. The van der Waals surface area contributed by atoms with Gasteiger partial charge in [-0.05, 0) is 68.3 Å². The Morgan fingerprint density at radius 3 is 2.53 bits per heavy atom. The fourth-order valence-corrected chi connectivity index (χ4v) is 2.18. The molecule has 0 heterocycles. The predicted molar refractivity (Wildman–Crippen MR) is 83.8 cm³/mol. The van der Waals surface area contributed by atoms with E-state index in [-0.39, 0.29) is 0 Å². The van der Waals surface area contributed by atoms with Crippen LogP contribution in [-0.4, -0.2) is 0 Å². The van der Waals surface area contributed by atoms with Gasteiger partial charge >= 0.3 is 0 Å². The fourth-order valence-electron chi connectivity index (χ4n) is 1.42. The van der Waals surface area contributed by atoms with Crippen molar-refractivity contribution in [2.24, 2.45) is 0 Å². The molecule has 17 heavy (non-hydrogen) atoms. The van der Waals surface area contributed by atoms with Crippen molar-refractivity contribution in [1.29, 1.82) is 0 Å². The van der Waals surface area contributed by atoms with E-state index in [2.05, 4.69) is 67.6 Å². The van der Waals surface area contributed by atoms with Crippen molar-refractivity contribution in [2.75, 3.05) is 5.43 Å². The summed E-state index contributed by atoms with van der Waals surface area (Å²) in [6.07, 6.45) is 0. The lowest BCUT2D eigenvalue weighted by atomic mass is 10.2. The standard InChI is InChI=1S/C13H12BrIN2/c14-12-8-10(6-7-13(12)15)9-16-17-11-4-2-1-3-5-11/h1-8,16-17H,9H2. The molecule has 0 aromatic heterocycles. The maximum atomic E-state index is 3.53. The average Bonchev–Trinajstić information content (AvgIpc) is 2.35. The van der Waals surface area contributed by atoms with Crippen LogP contribution in [0.5, 0.6) is 0 Å². The number of anilines is 1. The summed E-state index contributed by atoms with van der Waals surface area (Å²) in [5.41, 5.74) is 8.65. The van der Waals surface area contributed by atoms with Crippen LogP contribution in [0.3, 0.4) is 0 Å². The van der Waals surface area contributed by atoms with Crippen LogP contribution in [0.15, 0.2) is 53.0 Å². The first-order chi connectivity index (χ1) is 8.25. The second kappa shape index (κ2) is 6.37. The van der Waals surface area contributed by atoms with E-state index in [1.165, 1.54) is 9.13 Å². The number of benzene rings is 2. The molecule has 0 aliphatic carbocycles. The molecule has 2 rings (SSSR count). The Kier molecular flexibility index (Phi) is 4.82. The molecule has 2 aromatic carbocycles. The molecular weight excluding hydrogens is 391 g/mol. The molecule has 0 saturated heterocycles. The smallest absolute Gasteiger partial charge is 0.0487 e. The first-order valence-corrected chi connectivity index (χ1v) is 7.11. The van der Waals surface area contributed by atoms with Gasteiger partial charge in [-0.2, -0.15) is 0 Å². The van der Waals surface area contributed by atoms with Crippen LogP contribution in [-0.2, 0) is 6.54 Å². The van der Waals surface area contributed by atoms with Gasteiger partial charge in [-0.3, -0.25) is 0 Å². The quantitative estimate of drug-likeness (QED) is 0.592. The summed E-state index contributed by atoms with van der Waals surface area (Å²) in [5, 5.41) is 0. The van der Waals surface area contributed by atoms with Crippen molar-refractivity contribution in [3.8, 4) is 0 Å². The Morgan fingerprint density at radius 2 is 1.82 bits per heavy atom. The third kappa shape index (κ3) is 3.97. The normalized spacial score (nSPS) is 10.2. The van der Waals surface area contributed by atoms with Crippen molar-refractivity contribution < 1.29 is 0 Å². The van der Waals surface area contributed by atoms with Gasteiger partial charge in [-0.1, -0.05) is 24.3 Å². The molecule has 0 bridgehead atoms. The largest absolute Gasteiger partial charge is 0.321 e. The first-order valence-electron chi connectivity index (χ1n) is 5.23. The van der Waals surface area contributed by atoms with E-state index in [4.69, 9.17) is 0 Å². The molecule has 0 unspecified atom stereocenters. The van der Waals surface area contributed by atoms with E-state index in [1.807, 2.05) is 30.3 Å². The molecule has 88 valence electrons. The molecule has 0 fully saturated rings. The molecule has 4 heteroatoms. The van der Waals surface area contributed by atoms with E-state index in [9.17, 15) is 0 Å². The Morgan fingerprint density at radius 1 is 1.06 bits per heavy atom. The molecule has 0 radical (unpaired) electrons. The lowest BCUT2D eigenvalue weighted by Gasteiger charge is -2.08. The van der Waals surface area contributed by atoms with Gasteiger partial charge in [0.1, 0.15) is 0 Å². The van der Waals surface area contributed by atoms with Crippen LogP contribution >= 0.6 is 38.5 Å². The molecule has 2 nitrogen and oxygen atoms in total. The van der Waals surface area contributed by atoms with E-state index < -0.39 is 0 Å². The van der Waals surface area contributed by atoms with Crippen LogP contribution in [0.4, 0.5) is 5.69 Å². The summed E-state index contributed by atoms with van der Waals surface area (Å²) >= 11 is 5.83. The molecule has 0 amide bonds. The number of rotatable bonds is 4. The minimum atomic E-state index is 0.782. The molecule has 2 aromatic rings. The lowest BCUT2D eigenvalue weighted by Crippen LogP contribution is -2.20. The first kappa shape index (κ1) is 12.9. The highest BCUT2D eigenvalue weighted by atomic mass is 127. The third-order valence-corrected chi connectivity index (χ3v) is 4.62. The van der Waals surface area contributed by atoms with Gasteiger partial charge in [0, 0.05) is 20.3 Å². The Labute approximate surface area is 123 Å². The van der Waals surface area contributed by atoms with Gasteiger partial charge in [0.15, 0.2) is 0 Å². The number of para-hydroxylation sites is 1. The number of hydrogen-bond donors (Lipinski definition) is 2. The average molecular weight is 403 g/mol. The van der Waals surface area contributed by atoms with E-state index in [1.54, 1.807) is 0 Å². The summed E-state index contributed by atoms with van der Waals surface area (Å²) in [4.78, 5) is 0. The summed E-state index contributed by atoms with van der Waals surface area (Å²) in [6.45, 7) is 0.782. The number of hydrazine groups is 1. The van der Waals surface area contributed by atoms with Crippen LogP contribution in [0.2, 0.25) is 0 Å².